The van der Waals surface area contributed by atoms with E-state index in [1.165, 1.54) is 25.7 Å². The maximum absolute atomic E-state index is 11.4. The molecule has 1 aliphatic carbocycles. The number of hydrogen-bond acceptors (Lipinski definition) is 2. The van der Waals surface area contributed by atoms with Crippen molar-refractivity contribution in [3.8, 4) is 0 Å². The lowest BCUT2D eigenvalue weighted by Gasteiger charge is -2.23. The molecule has 1 saturated heterocycles. The Morgan fingerprint density at radius 3 is 2.75 bits per heavy atom. The van der Waals surface area contributed by atoms with E-state index in [9.17, 15) is 4.79 Å². The van der Waals surface area contributed by atoms with Crippen LogP contribution in [0.4, 0.5) is 0 Å². The van der Waals surface area contributed by atoms with E-state index < -0.39 is 0 Å². The summed E-state index contributed by atoms with van der Waals surface area (Å²) in [6.07, 6.45) is 7.01. The summed E-state index contributed by atoms with van der Waals surface area (Å²) >= 11 is 5.54. The highest BCUT2D eigenvalue weighted by molar-refractivity contribution is 6.18. The van der Waals surface area contributed by atoms with E-state index in [4.69, 9.17) is 11.6 Å². The summed E-state index contributed by atoms with van der Waals surface area (Å²) in [5.41, 5.74) is 0. The summed E-state index contributed by atoms with van der Waals surface area (Å²) < 4.78 is 0. The number of rotatable bonds is 4. The topological polar surface area (TPSA) is 32.3 Å². The minimum Gasteiger partial charge on any atom is -0.352 e. The molecule has 1 amide bonds. The second kappa shape index (κ2) is 5.87. The minimum atomic E-state index is 0.105. The van der Waals surface area contributed by atoms with Gasteiger partial charge < -0.3 is 5.32 Å². The first-order valence-corrected chi connectivity index (χ1v) is 6.92. The number of nitrogens with zero attached hydrogens (tertiary/aromatic N) is 1. The molecule has 3 nitrogen and oxygen atoms in total. The average Bonchev–Trinajstić information content (AvgIpc) is 2.86. The summed E-state index contributed by atoms with van der Waals surface area (Å²) in [6, 6.07) is 1.14. The predicted molar refractivity (Wildman–Crippen MR) is 65.7 cm³/mol. The van der Waals surface area contributed by atoms with Gasteiger partial charge in [0.05, 0.1) is 0 Å². The molecule has 92 valence electrons. The third-order valence-corrected chi connectivity index (χ3v) is 3.94. The zero-order chi connectivity index (χ0) is 11.4. The van der Waals surface area contributed by atoms with Crippen molar-refractivity contribution < 1.29 is 4.79 Å². The van der Waals surface area contributed by atoms with Gasteiger partial charge in [-0.15, -0.1) is 11.6 Å². The second-order valence-corrected chi connectivity index (χ2v) is 5.30. The first-order chi connectivity index (χ1) is 7.79. The SMILES string of the molecule is O=C(CCCl)NC1CCN(C2CCCC2)C1. The van der Waals surface area contributed by atoms with Crippen molar-refractivity contribution in [2.24, 2.45) is 0 Å². The number of halogens is 1. The molecule has 1 heterocycles. The minimum absolute atomic E-state index is 0.105. The van der Waals surface area contributed by atoms with Crippen molar-refractivity contribution in [1.29, 1.82) is 0 Å². The fourth-order valence-corrected chi connectivity index (χ4v) is 3.06. The molecule has 1 unspecified atom stereocenters. The summed E-state index contributed by atoms with van der Waals surface area (Å²) in [5.74, 6) is 0.526. The van der Waals surface area contributed by atoms with Gasteiger partial charge in [-0.2, -0.15) is 0 Å². The van der Waals surface area contributed by atoms with Crippen LogP contribution in [-0.4, -0.2) is 41.9 Å². The Hall–Kier alpha value is -0.280. The number of likely N-dealkylation sites (tertiary alicyclic amines) is 1. The summed E-state index contributed by atoms with van der Waals surface area (Å²) in [5, 5.41) is 3.07. The van der Waals surface area contributed by atoms with Crippen LogP contribution in [-0.2, 0) is 4.79 Å². The van der Waals surface area contributed by atoms with Gasteiger partial charge in [0.25, 0.3) is 0 Å². The first kappa shape index (κ1) is 12.2. The predicted octanol–water partition coefficient (Wildman–Crippen LogP) is 1.75. The van der Waals surface area contributed by atoms with Crippen LogP contribution >= 0.6 is 11.6 Å². The van der Waals surface area contributed by atoms with E-state index in [1.54, 1.807) is 0 Å². The van der Waals surface area contributed by atoms with Gasteiger partial charge >= 0.3 is 0 Å². The van der Waals surface area contributed by atoms with Crippen molar-refractivity contribution >= 4 is 17.5 Å². The maximum atomic E-state index is 11.4. The number of amides is 1. The first-order valence-electron chi connectivity index (χ1n) is 6.39. The van der Waals surface area contributed by atoms with E-state index in [1.807, 2.05) is 0 Å². The molecule has 0 aromatic heterocycles. The van der Waals surface area contributed by atoms with Crippen LogP contribution in [0.2, 0.25) is 0 Å². The standard InChI is InChI=1S/C12H21ClN2O/c13-7-5-12(16)14-10-6-8-15(9-10)11-3-1-2-4-11/h10-11H,1-9H2,(H,14,16). The normalized spacial score (nSPS) is 27.4. The van der Waals surface area contributed by atoms with Crippen LogP contribution in [0.1, 0.15) is 38.5 Å². The van der Waals surface area contributed by atoms with E-state index >= 15 is 0 Å². The molecular weight excluding hydrogens is 224 g/mol. The van der Waals surface area contributed by atoms with Gasteiger partial charge in [-0.25, -0.2) is 0 Å². The van der Waals surface area contributed by atoms with Crippen LogP contribution in [0, 0.1) is 0 Å². The average molecular weight is 245 g/mol. The highest BCUT2D eigenvalue weighted by Gasteiger charge is 2.30. The summed E-state index contributed by atoms with van der Waals surface area (Å²) in [6.45, 7) is 2.19. The Balaban J connectivity index is 1.72. The quantitative estimate of drug-likeness (QED) is 0.765. The Morgan fingerprint density at radius 2 is 2.06 bits per heavy atom. The van der Waals surface area contributed by atoms with Gasteiger partial charge in [0.1, 0.15) is 0 Å². The van der Waals surface area contributed by atoms with Gasteiger partial charge in [-0.3, -0.25) is 9.69 Å². The summed E-state index contributed by atoms with van der Waals surface area (Å²) in [4.78, 5) is 14.0. The van der Waals surface area contributed by atoms with Crippen LogP contribution < -0.4 is 5.32 Å². The smallest absolute Gasteiger partial charge is 0.221 e. The van der Waals surface area contributed by atoms with Crippen molar-refractivity contribution in [3.63, 3.8) is 0 Å². The number of nitrogens with one attached hydrogen (secondary N) is 1. The molecule has 0 aromatic carbocycles. The monoisotopic (exact) mass is 244 g/mol. The lowest BCUT2D eigenvalue weighted by atomic mass is 10.2. The Morgan fingerprint density at radius 1 is 1.31 bits per heavy atom. The van der Waals surface area contributed by atoms with Gasteiger partial charge in [0, 0.05) is 37.5 Å². The number of alkyl halides is 1. The number of carbonyl (C=O) groups excluding carboxylic acids is 1. The maximum Gasteiger partial charge on any atom is 0.221 e. The fraction of sp³-hybridized carbons (Fsp3) is 0.917. The van der Waals surface area contributed by atoms with E-state index in [0.29, 0.717) is 18.3 Å². The highest BCUT2D eigenvalue weighted by Crippen LogP contribution is 2.26. The molecule has 16 heavy (non-hydrogen) atoms. The molecule has 0 bridgehead atoms. The largest absolute Gasteiger partial charge is 0.352 e. The molecule has 1 atom stereocenters. The van der Waals surface area contributed by atoms with Gasteiger partial charge in [-0.1, -0.05) is 12.8 Å². The molecule has 0 aromatic rings. The molecule has 0 spiro atoms. The molecule has 0 radical (unpaired) electrons. The summed E-state index contributed by atoms with van der Waals surface area (Å²) in [7, 11) is 0. The third-order valence-electron chi connectivity index (χ3n) is 3.75. The van der Waals surface area contributed by atoms with Gasteiger partial charge in [-0.05, 0) is 19.3 Å². The van der Waals surface area contributed by atoms with Crippen molar-refractivity contribution in [3.05, 3.63) is 0 Å². The fourth-order valence-electron chi connectivity index (χ4n) is 2.89. The lowest BCUT2D eigenvalue weighted by Crippen LogP contribution is -2.39. The van der Waals surface area contributed by atoms with Crippen molar-refractivity contribution in [2.45, 2.75) is 50.6 Å². The Labute approximate surface area is 103 Å². The highest BCUT2D eigenvalue weighted by atomic mass is 35.5. The zero-order valence-electron chi connectivity index (χ0n) is 9.75. The molecule has 4 heteroatoms. The van der Waals surface area contributed by atoms with Crippen molar-refractivity contribution in [1.82, 2.24) is 10.2 Å². The molecule has 1 saturated carbocycles. The molecule has 2 fully saturated rings. The molecule has 1 aliphatic heterocycles. The van der Waals surface area contributed by atoms with Crippen LogP contribution in [0.5, 0.6) is 0 Å². The van der Waals surface area contributed by atoms with E-state index in [-0.39, 0.29) is 5.91 Å². The van der Waals surface area contributed by atoms with Crippen LogP contribution in [0.15, 0.2) is 0 Å². The van der Waals surface area contributed by atoms with Gasteiger partial charge in [0.15, 0.2) is 0 Å². The molecule has 2 rings (SSSR count). The molecular formula is C12H21ClN2O. The number of carbonyl (C=O) groups is 1. The molecule has 1 N–H and O–H groups in total. The van der Waals surface area contributed by atoms with Crippen LogP contribution in [0.25, 0.3) is 0 Å². The third kappa shape index (κ3) is 3.11. The van der Waals surface area contributed by atoms with E-state index in [2.05, 4.69) is 10.2 Å². The molecule has 2 aliphatic rings. The second-order valence-electron chi connectivity index (χ2n) is 4.93. The van der Waals surface area contributed by atoms with Crippen molar-refractivity contribution in [2.75, 3.05) is 19.0 Å². The zero-order valence-corrected chi connectivity index (χ0v) is 10.5. The van der Waals surface area contributed by atoms with E-state index in [0.717, 1.165) is 25.6 Å². The number of hydrogen-bond donors (Lipinski definition) is 1. The Bertz CT molecular complexity index is 241. The lowest BCUT2D eigenvalue weighted by molar-refractivity contribution is -0.121. The Kier molecular flexibility index (Phi) is 4.47. The van der Waals surface area contributed by atoms with Crippen LogP contribution in [0.3, 0.4) is 0 Å². The van der Waals surface area contributed by atoms with Gasteiger partial charge in [0.2, 0.25) is 5.91 Å².